The Morgan fingerprint density at radius 2 is 2.23 bits per heavy atom. The van der Waals surface area contributed by atoms with Gasteiger partial charge in [-0.1, -0.05) is 6.92 Å². The minimum Gasteiger partial charge on any atom is -0.481 e. The summed E-state index contributed by atoms with van der Waals surface area (Å²) in [4.78, 5) is 22.3. The summed E-state index contributed by atoms with van der Waals surface area (Å²) in [6.45, 7) is 1.72. The van der Waals surface area contributed by atoms with Gasteiger partial charge in [-0.15, -0.1) is 0 Å². The number of carboxylic acids is 1. The predicted molar refractivity (Wildman–Crippen MR) is 46.1 cm³/mol. The van der Waals surface area contributed by atoms with E-state index >= 15 is 0 Å². The molecule has 2 aliphatic carbocycles. The van der Waals surface area contributed by atoms with E-state index in [1.54, 1.807) is 6.92 Å². The van der Waals surface area contributed by atoms with Gasteiger partial charge < -0.3 is 5.11 Å². The van der Waals surface area contributed by atoms with Crippen molar-refractivity contribution >= 4 is 11.8 Å². The van der Waals surface area contributed by atoms with Gasteiger partial charge in [-0.2, -0.15) is 0 Å². The van der Waals surface area contributed by atoms with Gasteiger partial charge in [0.15, 0.2) is 0 Å². The number of carbonyl (C=O) groups is 2. The highest BCUT2D eigenvalue weighted by Gasteiger charge is 2.49. The summed E-state index contributed by atoms with van der Waals surface area (Å²) >= 11 is 0. The van der Waals surface area contributed by atoms with Crippen molar-refractivity contribution in [2.45, 2.75) is 26.2 Å². The number of hydrogen-bond acceptors (Lipinski definition) is 2. The van der Waals surface area contributed by atoms with E-state index < -0.39 is 5.97 Å². The lowest BCUT2D eigenvalue weighted by atomic mass is 9.80. The minimum absolute atomic E-state index is 0.0658. The molecule has 72 valence electrons. The highest BCUT2D eigenvalue weighted by Crippen LogP contribution is 2.48. The zero-order valence-corrected chi connectivity index (χ0v) is 7.69. The quantitative estimate of drug-likeness (QED) is 0.700. The van der Waals surface area contributed by atoms with Gasteiger partial charge in [0.2, 0.25) is 0 Å². The summed E-state index contributed by atoms with van der Waals surface area (Å²) in [5.74, 6) is -0.403. The molecule has 13 heavy (non-hydrogen) atoms. The van der Waals surface area contributed by atoms with Crippen molar-refractivity contribution in [2.75, 3.05) is 0 Å². The van der Waals surface area contributed by atoms with Crippen LogP contribution < -0.4 is 0 Å². The van der Waals surface area contributed by atoms with Gasteiger partial charge in [0.25, 0.3) is 0 Å². The summed E-state index contributed by atoms with van der Waals surface area (Å²) in [5, 5.41) is 8.85. The summed E-state index contributed by atoms with van der Waals surface area (Å²) in [7, 11) is 0. The van der Waals surface area contributed by atoms with Crippen LogP contribution >= 0.6 is 0 Å². The molecule has 0 aromatic carbocycles. The van der Waals surface area contributed by atoms with Gasteiger partial charge in [0, 0.05) is 11.8 Å². The van der Waals surface area contributed by atoms with Crippen molar-refractivity contribution in [3.05, 3.63) is 0 Å². The highest BCUT2D eigenvalue weighted by molar-refractivity contribution is 5.88. The fourth-order valence-electron chi connectivity index (χ4n) is 2.86. The Kier molecular flexibility index (Phi) is 1.90. The van der Waals surface area contributed by atoms with E-state index in [4.69, 9.17) is 5.11 Å². The second-order valence-electron chi connectivity index (χ2n) is 4.31. The lowest BCUT2D eigenvalue weighted by Crippen LogP contribution is -2.26. The molecular weight excluding hydrogens is 168 g/mol. The molecule has 0 heterocycles. The van der Waals surface area contributed by atoms with Crippen LogP contribution in [0.5, 0.6) is 0 Å². The number of carboxylic acid groups (broad SMARTS) is 1. The van der Waals surface area contributed by atoms with E-state index in [-0.39, 0.29) is 23.7 Å². The van der Waals surface area contributed by atoms with Crippen molar-refractivity contribution in [1.82, 2.24) is 0 Å². The maximum Gasteiger partial charge on any atom is 0.306 e. The van der Waals surface area contributed by atoms with Crippen LogP contribution in [0, 0.1) is 23.7 Å². The first-order valence-corrected chi connectivity index (χ1v) is 4.87. The molecule has 0 spiro atoms. The molecule has 2 aliphatic rings. The number of aliphatic carboxylic acids is 1. The van der Waals surface area contributed by atoms with Crippen molar-refractivity contribution in [1.29, 1.82) is 0 Å². The molecule has 3 heteroatoms. The predicted octanol–water partition coefficient (Wildman–Crippen LogP) is 1.32. The molecule has 0 saturated heterocycles. The SMILES string of the molecule is C[C@H](C(=O)O)C1CC2CCC1C2=O. The van der Waals surface area contributed by atoms with Crippen LogP contribution in [-0.4, -0.2) is 16.9 Å². The number of rotatable bonds is 2. The molecule has 3 unspecified atom stereocenters. The van der Waals surface area contributed by atoms with E-state index in [1.165, 1.54) is 0 Å². The maximum absolute atomic E-state index is 11.5. The normalized spacial score (nSPS) is 39.5. The fourth-order valence-corrected chi connectivity index (χ4v) is 2.86. The average molecular weight is 182 g/mol. The van der Waals surface area contributed by atoms with Crippen molar-refractivity contribution in [3.63, 3.8) is 0 Å². The summed E-state index contributed by atoms with van der Waals surface area (Å²) < 4.78 is 0. The molecule has 3 nitrogen and oxygen atoms in total. The third-order valence-electron chi connectivity index (χ3n) is 3.70. The number of hydrogen-bond donors (Lipinski definition) is 1. The number of Topliss-reactive ketones (excluding diaryl/α,β-unsaturated/α-hetero) is 1. The highest BCUT2D eigenvalue weighted by atomic mass is 16.4. The van der Waals surface area contributed by atoms with Crippen LogP contribution in [0.4, 0.5) is 0 Å². The molecule has 0 aliphatic heterocycles. The Morgan fingerprint density at radius 3 is 2.62 bits per heavy atom. The third kappa shape index (κ3) is 1.18. The molecule has 2 bridgehead atoms. The Morgan fingerprint density at radius 1 is 1.54 bits per heavy atom. The van der Waals surface area contributed by atoms with Gasteiger partial charge in [-0.05, 0) is 25.2 Å². The van der Waals surface area contributed by atoms with Gasteiger partial charge >= 0.3 is 5.97 Å². The molecule has 0 radical (unpaired) electrons. The maximum atomic E-state index is 11.5. The first-order chi connectivity index (χ1) is 6.11. The number of ketones is 1. The standard InChI is InChI=1S/C10H14O3/c1-5(10(12)13)8-4-6-2-3-7(8)9(6)11/h5-8H,2-4H2,1H3,(H,12,13)/t5-,6?,7?,8?/m0/s1. The first kappa shape index (κ1) is 8.73. The van der Waals surface area contributed by atoms with E-state index in [1.807, 2.05) is 0 Å². The van der Waals surface area contributed by atoms with Crippen molar-refractivity contribution in [3.8, 4) is 0 Å². The molecule has 2 fully saturated rings. The molecule has 0 aromatic rings. The zero-order chi connectivity index (χ0) is 9.59. The molecule has 1 N–H and O–H groups in total. The summed E-state index contributed by atoms with van der Waals surface area (Å²) in [6.07, 6.45) is 2.73. The summed E-state index contributed by atoms with van der Waals surface area (Å²) in [5.41, 5.74) is 0. The van der Waals surface area contributed by atoms with Gasteiger partial charge in [0.1, 0.15) is 5.78 Å². The minimum atomic E-state index is -0.759. The number of carbonyl (C=O) groups excluding carboxylic acids is 1. The Balaban J connectivity index is 2.12. The van der Waals surface area contributed by atoms with Crippen LogP contribution in [0.15, 0.2) is 0 Å². The monoisotopic (exact) mass is 182 g/mol. The first-order valence-electron chi connectivity index (χ1n) is 4.87. The van der Waals surface area contributed by atoms with E-state index in [2.05, 4.69) is 0 Å². The van der Waals surface area contributed by atoms with Gasteiger partial charge in [-0.25, -0.2) is 0 Å². The van der Waals surface area contributed by atoms with Crippen LogP contribution in [0.1, 0.15) is 26.2 Å². The molecule has 2 rings (SSSR count). The Hall–Kier alpha value is -0.860. The topological polar surface area (TPSA) is 54.4 Å². The Labute approximate surface area is 77.1 Å². The molecule has 0 amide bonds. The second kappa shape index (κ2) is 2.82. The fraction of sp³-hybridized carbons (Fsp3) is 0.800. The zero-order valence-electron chi connectivity index (χ0n) is 7.69. The van der Waals surface area contributed by atoms with E-state index in [0.717, 1.165) is 19.3 Å². The van der Waals surface area contributed by atoms with Crippen molar-refractivity contribution < 1.29 is 14.7 Å². The molecule has 4 atom stereocenters. The number of fused-ring (bicyclic) bond motifs is 2. The van der Waals surface area contributed by atoms with E-state index in [9.17, 15) is 9.59 Å². The van der Waals surface area contributed by atoms with Crippen LogP contribution in [0.2, 0.25) is 0 Å². The smallest absolute Gasteiger partial charge is 0.306 e. The summed E-state index contributed by atoms with van der Waals surface area (Å²) in [6, 6.07) is 0. The average Bonchev–Trinajstić information content (AvgIpc) is 2.60. The molecule has 2 saturated carbocycles. The Bertz CT molecular complexity index is 259. The largest absolute Gasteiger partial charge is 0.481 e. The lowest BCUT2D eigenvalue weighted by Gasteiger charge is -2.23. The van der Waals surface area contributed by atoms with Gasteiger partial charge in [-0.3, -0.25) is 9.59 Å². The molecule has 0 aromatic heterocycles. The van der Waals surface area contributed by atoms with Crippen LogP contribution in [-0.2, 0) is 9.59 Å². The van der Waals surface area contributed by atoms with Crippen LogP contribution in [0.25, 0.3) is 0 Å². The second-order valence-corrected chi connectivity index (χ2v) is 4.31. The molecular formula is C10H14O3. The van der Waals surface area contributed by atoms with Crippen molar-refractivity contribution in [2.24, 2.45) is 23.7 Å². The van der Waals surface area contributed by atoms with E-state index in [0.29, 0.717) is 5.78 Å². The third-order valence-corrected chi connectivity index (χ3v) is 3.70. The van der Waals surface area contributed by atoms with Gasteiger partial charge in [0.05, 0.1) is 5.92 Å². The lowest BCUT2D eigenvalue weighted by molar-refractivity contribution is -0.143. The van der Waals surface area contributed by atoms with Crippen LogP contribution in [0.3, 0.4) is 0 Å².